The Kier molecular flexibility index (Phi) is 6.17. The number of nitrogens with zero attached hydrogens (tertiary/aromatic N) is 1. The van der Waals surface area contributed by atoms with Crippen LogP contribution in [0.1, 0.15) is 13.8 Å². The summed E-state index contributed by atoms with van der Waals surface area (Å²) in [7, 11) is 1.35. The minimum Gasteiger partial charge on any atom is -0.440 e. The Morgan fingerprint density at radius 2 is 1.94 bits per heavy atom. The lowest BCUT2D eigenvalue weighted by Gasteiger charge is -2.18. The van der Waals surface area contributed by atoms with E-state index in [-0.39, 0.29) is 19.3 Å². The summed E-state index contributed by atoms with van der Waals surface area (Å²) in [5.41, 5.74) is 0. The summed E-state index contributed by atoms with van der Waals surface area (Å²) >= 11 is 0. The summed E-state index contributed by atoms with van der Waals surface area (Å²) < 4.78 is 44.3. The quantitative estimate of drug-likeness (QED) is 0.741. The molecule has 0 N–H and O–H groups in total. The van der Waals surface area contributed by atoms with Crippen LogP contribution in [-0.2, 0) is 9.47 Å². The number of alkyl halides is 3. The van der Waals surface area contributed by atoms with Crippen molar-refractivity contribution in [2.45, 2.75) is 26.1 Å². The summed E-state index contributed by atoms with van der Waals surface area (Å²) in [6, 6.07) is 0. The van der Waals surface area contributed by atoms with E-state index < -0.39 is 18.9 Å². The van der Waals surface area contributed by atoms with Crippen LogP contribution < -0.4 is 0 Å². The number of hydrogen-bond donors (Lipinski definition) is 0. The molecule has 1 amide bonds. The zero-order valence-electron chi connectivity index (χ0n) is 9.50. The van der Waals surface area contributed by atoms with Crippen LogP contribution in [0.2, 0.25) is 0 Å². The highest BCUT2D eigenvalue weighted by Crippen LogP contribution is 2.14. The third-order valence-corrected chi connectivity index (χ3v) is 1.55. The van der Waals surface area contributed by atoms with Crippen LogP contribution in [0.25, 0.3) is 0 Å². The molecule has 0 radical (unpaired) electrons. The summed E-state index contributed by atoms with van der Waals surface area (Å²) in [5.74, 6) is 0. The van der Waals surface area contributed by atoms with Crippen molar-refractivity contribution in [1.82, 2.24) is 4.90 Å². The van der Waals surface area contributed by atoms with E-state index >= 15 is 0 Å². The number of halogens is 3. The zero-order valence-corrected chi connectivity index (χ0v) is 9.50. The number of rotatable bonds is 5. The van der Waals surface area contributed by atoms with Crippen molar-refractivity contribution in [3.8, 4) is 0 Å². The van der Waals surface area contributed by atoms with Gasteiger partial charge in [0, 0.05) is 13.6 Å². The predicted octanol–water partition coefficient (Wildman–Crippen LogP) is 2.04. The molecule has 0 aromatic carbocycles. The SMILES string of the molecule is CC(C)OCCN(C)C(=O)OCC(F)(F)F. The zero-order chi connectivity index (χ0) is 12.8. The van der Waals surface area contributed by atoms with E-state index in [0.717, 1.165) is 4.90 Å². The highest BCUT2D eigenvalue weighted by Gasteiger charge is 2.30. The van der Waals surface area contributed by atoms with E-state index in [9.17, 15) is 18.0 Å². The van der Waals surface area contributed by atoms with Gasteiger partial charge in [-0.2, -0.15) is 13.2 Å². The average molecular weight is 243 g/mol. The molecule has 0 saturated carbocycles. The van der Waals surface area contributed by atoms with Crippen molar-refractivity contribution < 1.29 is 27.4 Å². The fraction of sp³-hybridized carbons (Fsp3) is 0.889. The Morgan fingerprint density at radius 3 is 2.38 bits per heavy atom. The van der Waals surface area contributed by atoms with Gasteiger partial charge in [-0.25, -0.2) is 4.79 Å². The molecule has 0 unspecified atom stereocenters. The molecule has 0 bridgehead atoms. The molecule has 0 spiro atoms. The van der Waals surface area contributed by atoms with Gasteiger partial charge in [-0.05, 0) is 13.8 Å². The number of carbonyl (C=O) groups excluding carboxylic acids is 1. The molecule has 0 aromatic heterocycles. The van der Waals surface area contributed by atoms with Crippen molar-refractivity contribution in [2.24, 2.45) is 0 Å². The van der Waals surface area contributed by atoms with Crippen LogP contribution in [0.4, 0.5) is 18.0 Å². The molecule has 0 rings (SSSR count). The van der Waals surface area contributed by atoms with Gasteiger partial charge < -0.3 is 14.4 Å². The number of hydrogen-bond acceptors (Lipinski definition) is 3. The Labute approximate surface area is 92.3 Å². The third-order valence-electron chi connectivity index (χ3n) is 1.55. The molecule has 0 fully saturated rings. The monoisotopic (exact) mass is 243 g/mol. The van der Waals surface area contributed by atoms with Gasteiger partial charge in [-0.1, -0.05) is 0 Å². The van der Waals surface area contributed by atoms with Crippen molar-refractivity contribution in [1.29, 1.82) is 0 Å². The maximum Gasteiger partial charge on any atom is 0.422 e. The molecule has 96 valence electrons. The lowest BCUT2D eigenvalue weighted by molar-refractivity contribution is -0.162. The highest BCUT2D eigenvalue weighted by molar-refractivity contribution is 5.67. The van der Waals surface area contributed by atoms with Gasteiger partial charge in [-0.15, -0.1) is 0 Å². The first-order chi connectivity index (χ1) is 7.22. The van der Waals surface area contributed by atoms with Gasteiger partial charge in [-0.3, -0.25) is 0 Å². The van der Waals surface area contributed by atoms with Crippen molar-refractivity contribution >= 4 is 6.09 Å². The standard InChI is InChI=1S/C9H16F3NO3/c1-7(2)15-5-4-13(3)8(14)16-6-9(10,11)12/h7H,4-6H2,1-3H3. The topological polar surface area (TPSA) is 38.8 Å². The van der Waals surface area contributed by atoms with Crippen LogP contribution in [0, 0.1) is 0 Å². The summed E-state index contributed by atoms with van der Waals surface area (Å²) in [5, 5.41) is 0. The average Bonchev–Trinajstić information content (AvgIpc) is 2.12. The Balaban J connectivity index is 3.74. The van der Waals surface area contributed by atoms with Crippen molar-refractivity contribution in [3.63, 3.8) is 0 Å². The maximum absolute atomic E-state index is 11.7. The van der Waals surface area contributed by atoms with E-state index in [1.54, 1.807) is 0 Å². The largest absolute Gasteiger partial charge is 0.440 e. The molecule has 4 nitrogen and oxygen atoms in total. The van der Waals surface area contributed by atoms with Crippen LogP contribution in [0.15, 0.2) is 0 Å². The summed E-state index contributed by atoms with van der Waals surface area (Å²) in [6.45, 7) is 2.52. The minimum atomic E-state index is -4.50. The molecule has 0 atom stereocenters. The number of likely N-dealkylation sites (N-methyl/N-ethyl adjacent to an activating group) is 1. The van der Waals surface area contributed by atoms with Gasteiger partial charge in [0.15, 0.2) is 6.61 Å². The minimum absolute atomic E-state index is 0.0135. The third kappa shape index (κ3) is 8.34. The van der Waals surface area contributed by atoms with Gasteiger partial charge in [0.25, 0.3) is 0 Å². The first-order valence-corrected chi connectivity index (χ1v) is 4.78. The highest BCUT2D eigenvalue weighted by atomic mass is 19.4. The lowest BCUT2D eigenvalue weighted by atomic mass is 10.5. The van der Waals surface area contributed by atoms with Crippen molar-refractivity contribution in [2.75, 3.05) is 26.8 Å². The number of ether oxygens (including phenoxy) is 2. The second-order valence-corrected chi connectivity index (χ2v) is 3.51. The van der Waals surface area contributed by atoms with Crippen LogP contribution in [-0.4, -0.2) is 50.1 Å². The Morgan fingerprint density at radius 1 is 1.38 bits per heavy atom. The maximum atomic E-state index is 11.7. The van der Waals surface area contributed by atoms with E-state index in [1.807, 2.05) is 13.8 Å². The normalized spacial score (nSPS) is 11.7. The molecule has 0 aliphatic carbocycles. The molecule has 0 aliphatic heterocycles. The molecule has 0 aromatic rings. The first-order valence-electron chi connectivity index (χ1n) is 4.78. The predicted molar refractivity (Wildman–Crippen MR) is 51.1 cm³/mol. The van der Waals surface area contributed by atoms with E-state index in [1.165, 1.54) is 7.05 Å². The first kappa shape index (κ1) is 15.0. The van der Waals surface area contributed by atoms with Crippen molar-refractivity contribution in [3.05, 3.63) is 0 Å². The Hall–Kier alpha value is -0.980. The molecule has 0 saturated heterocycles. The van der Waals surface area contributed by atoms with Gasteiger partial charge >= 0.3 is 12.3 Å². The van der Waals surface area contributed by atoms with Gasteiger partial charge in [0.05, 0.1) is 12.7 Å². The van der Waals surface area contributed by atoms with E-state index in [0.29, 0.717) is 0 Å². The van der Waals surface area contributed by atoms with E-state index in [2.05, 4.69) is 4.74 Å². The van der Waals surface area contributed by atoms with Crippen LogP contribution in [0.5, 0.6) is 0 Å². The smallest absolute Gasteiger partial charge is 0.422 e. The van der Waals surface area contributed by atoms with Crippen LogP contribution >= 0.6 is 0 Å². The molecular formula is C9H16F3NO3. The Bertz CT molecular complexity index is 219. The number of carbonyl (C=O) groups is 1. The summed E-state index contributed by atoms with van der Waals surface area (Å²) in [4.78, 5) is 12.0. The lowest BCUT2D eigenvalue weighted by Crippen LogP contribution is -2.33. The molecule has 7 heteroatoms. The van der Waals surface area contributed by atoms with Crippen LogP contribution in [0.3, 0.4) is 0 Å². The number of amides is 1. The molecule has 16 heavy (non-hydrogen) atoms. The molecule has 0 heterocycles. The summed E-state index contributed by atoms with van der Waals surface area (Å²) in [6.07, 6.45) is -5.49. The molecule has 0 aliphatic rings. The molecular weight excluding hydrogens is 227 g/mol. The second-order valence-electron chi connectivity index (χ2n) is 3.51. The van der Waals surface area contributed by atoms with Gasteiger partial charge in [0.1, 0.15) is 0 Å². The van der Waals surface area contributed by atoms with Gasteiger partial charge in [0.2, 0.25) is 0 Å². The second kappa shape index (κ2) is 6.57. The fourth-order valence-electron chi connectivity index (χ4n) is 0.770. The fourth-order valence-corrected chi connectivity index (χ4v) is 0.770. The van der Waals surface area contributed by atoms with E-state index in [4.69, 9.17) is 4.74 Å².